The van der Waals surface area contributed by atoms with Crippen molar-refractivity contribution in [1.29, 1.82) is 0 Å². The van der Waals surface area contributed by atoms with E-state index in [2.05, 4.69) is 54.8 Å². The summed E-state index contributed by atoms with van der Waals surface area (Å²) in [5.74, 6) is 0. The third kappa shape index (κ3) is 3.35. The molecule has 18 heavy (non-hydrogen) atoms. The van der Waals surface area contributed by atoms with E-state index in [1.807, 2.05) is 30.3 Å². The Hall–Kier alpha value is -2.30. The lowest BCUT2D eigenvalue weighted by atomic mass is 10.0. The molecular formula is C18H16. The molecule has 0 aliphatic heterocycles. The van der Waals surface area contributed by atoms with E-state index in [-0.39, 0.29) is 0 Å². The Balaban J connectivity index is 2.11. The molecule has 0 heteroatoms. The maximum absolute atomic E-state index is 3.63. The van der Waals surface area contributed by atoms with Crippen molar-refractivity contribution in [3.63, 3.8) is 0 Å². The number of benzene rings is 2. The van der Waals surface area contributed by atoms with Gasteiger partial charge in [-0.3, -0.25) is 0 Å². The fourth-order valence-electron chi connectivity index (χ4n) is 1.86. The van der Waals surface area contributed by atoms with Gasteiger partial charge >= 0.3 is 0 Å². The summed E-state index contributed by atoms with van der Waals surface area (Å²) in [6, 6.07) is 18.7. The highest BCUT2D eigenvalue weighted by Crippen LogP contribution is 2.12. The van der Waals surface area contributed by atoms with Crippen LogP contribution < -0.4 is 0 Å². The summed E-state index contributed by atoms with van der Waals surface area (Å²) < 4.78 is 0. The van der Waals surface area contributed by atoms with Crippen LogP contribution in [0.5, 0.6) is 0 Å². The lowest BCUT2D eigenvalue weighted by molar-refractivity contribution is 1.27. The largest absolute Gasteiger partial charge is 0.128 e. The Morgan fingerprint density at radius 1 is 0.944 bits per heavy atom. The van der Waals surface area contributed by atoms with Crippen molar-refractivity contribution in [3.8, 4) is 0 Å². The summed E-state index contributed by atoms with van der Waals surface area (Å²) >= 11 is 0. The molecule has 0 spiro atoms. The van der Waals surface area contributed by atoms with Gasteiger partial charge in [-0.05, 0) is 29.2 Å². The van der Waals surface area contributed by atoms with Crippen LogP contribution >= 0.6 is 0 Å². The average molecular weight is 232 g/mol. The van der Waals surface area contributed by atoms with Gasteiger partial charge in [0.1, 0.15) is 0 Å². The summed E-state index contributed by atoms with van der Waals surface area (Å²) in [6.45, 7) is 3.63. The predicted molar refractivity (Wildman–Crippen MR) is 79.2 cm³/mol. The molecule has 2 aromatic carbocycles. The minimum atomic E-state index is 0.920. The quantitative estimate of drug-likeness (QED) is 0.668. The number of allylic oxidation sites excluding steroid dienone is 1. The highest BCUT2D eigenvalue weighted by atomic mass is 14.0. The van der Waals surface area contributed by atoms with E-state index in [1.165, 1.54) is 16.7 Å². The second-order valence-electron chi connectivity index (χ2n) is 4.06. The molecule has 0 nitrogen and oxygen atoms in total. The summed E-state index contributed by atoms with van der Waals surface area (Å²) in [7, 11) is 0. The van der Waals surface area contributed by atoms with Crippen LogP contribution in [-0.2, 0) is 6.42 Å². The van der Waals surface area contributed by atoms with Gasteiger partial charge in [0.25, 0.3) is 0 Å². The monoisotopic (exact) mass is 232 g/mol. The van der Waals surface area contributed by atoms with Gasteiger partial charge in [0.2, 0.25) is 0 Å². The van der Waals surface area contributed by atoms with E-state index in [9.17, 15) is 0 Å². The number of hydrogen-bond acceptors (Lipinski definition) is 0. The lowest BCUT2D eigenvalue weighted by Gasteiger charge is -2.01. The first-order chi connectivity index (χ1) is 8.90. The van der Waals surface area contributed by atoms with Gasteiger partial charge in [-0.2, -0.15) is 0 Å². The summed E-state index contributed by atoms with van der Waals surface area (Å²) in [5.41, 5.74) is 6.54. The maximum Gasteiger partial charge on any atom is -0.00880 e. The molecule has 0 radical (unpaired) electrons. The molecular weight excluding hydrogens is 216 g/mol. The fraction of sp³-hybridized carbons (Fsp3) is 0.0556. The van der Waals surface area contributed by atoms with Crippen LogP contribution in [0, 0.1) is 0 Å². The average Bonchev–Trinajstić information content (AvgIpc) is 2.42. The molecule has 0 heterocycles. The minimum absolute atomic E-state index is 0.920. The second-order valence-corrected chi connectivity index (χ2v) is 4.06. The first-order valence-corrected chi connectivity index (χ1v) is 6.05. The highest BCUT2D eigenvalue weighted by Gasteiger charge is 1.95. The summed E-state index contributed by atoms with van der Waals surface area (Å²) in [5, 5.41) is 0. The van der Waals surface area contributed by atoms with E-state index in [1.54, 1.807) is 0 Å². The van der Waals surface area contributed by atoms with Crippen LogP contribution in [0.15, 0.2) is 73.0 Å². The first kappa shape index (κ1) is 12.2. The van der Waals surface area contributed by atoms with Crippen molar-refractivity contribution in [1.82, 2.24) is 0 Å². The van der Waals surface area contributed by atoms with Crippen molar-refractivity contribution in [2.24, 2.45) is 0 Å². The molecule has 0 aromatic heterocycles. The fourth-order valence-corrected chi connectivity index (χ4v) is 1.86. The van der Waals surface area contributed by atoms with Gasteiger partial charge < -0.3 is 0 Å². The SMILES string of the molecule is C=C=Cc1ccccc1C/C=C/c1ccccc1. The summed E-state index contributed by atoms with van der Waals surface area (Å²) in [6.07, 6.45) is 7.18. The van der Waals surface area contributed by atoms with Gasteiger partial charge in [-0.15, -0.1) is 5.73 Å². The van der Waals surface area contributed by atoms with Gasteiger partial charge in [0, 0.05) is 0 Å². The zero-order chi connectivity index (χ0) is 12.6. The Kier molecular flexibility index (Phi) is 4.35. The van der Waals surface area contributed by atoms with E-state index in [4.69, 9.17) is 0 Å². The van der Waals surface area contributed by atoms with Crippen LogP contribution in [0.4, 0.5) is 0 Å². The van der Waals surface area contributed by atoms with E-state index >= 15 is 0 Å². The Morgan fingerprint density at radius 3 is 2.44 bits per heavy atom. The highest BCUT2D eigenvalue weighted by molar-refractivity contribution is 5.55. The molecule has 0 saturated heterocycles. The second kappa shape index (κ2) is 6.44. The van der Waals surface area contributed by atoms with Gasteiger partial charge in [0.05, 0.1) is 0 Å². The third-order valence-electron chi connectivity index (χ3n) is 2.76. The van der Waals surface area contributed by atoms with Crippen LogP contribution in [0.3, 0.4) is 0 Å². The van der Waals surface area contributed by atoms with Crippen LogP contribution in [0.25, 0.3) is 12.2 Å². The van der Waals surface area contributed by atoms with Gasteiger partial charge in [-0.1, -0.05) is 73.3 Å². The molecule has 0 bridgehead atoms. The van der Waals surface area contributed by atoms with Gasteiger partial charge in [-0.25, -0.2) is 0 Å². The molecule has 2 rings (SSSR count). The molecule has 0 unspecified atom stereocenters. The molecule has 0 N–H and O–H groups in total. The maximum atomic E-state index is 3.63. The molecule has 0 aliphatic carbocycles. The molecule has 0 atom stereocenters. The van der Waals surface area contributed by atoms with Crippen molar-refractivity contribution >= 4 is 12.2 Å². The van der Waals surface area contributed by atoms with Crippen molar-refractivity contribution in [3.05, 3.63) is 89.7 Å². The Labute approximate surface area is 109 Å². The Bertz CT molecular complexity index is 570. The number of hydrogen-bond donors (Lipinski definition) is 0. The number of rotatable bonds is 4. The molecule has 0 saturated carbocycles. The van der Waals surface area contributed by atoms with E-state index in [0.717, 1.165) is 6.42 Å². The van der Waals surface area contributed by atoms with Crippen LogP contribution in [0.2, 0.25) is 0 Å². The van der Waals surface area contributed by atoms with Crippen LogP contribution in [0.1, 0.15) is 16.7 Å². The molecule has 88 valence electrons. The standard InChI is InChI=1S/C18H16/c1-2-9-17-13-6-7-14-18(17)15-8-12-16-10-4-3-5-11-16/h3-14H,1,15H2/b12-8+. The predicted octanol–water partition coefficient (Wildman–Crippen LogP) is 4.74. The molecule has 0 fully saturated rings. The topological polar surface area (TPSA) is 0 Å². The van der Waals surface area contributed by atoms with E-state index < -0.39 is 0 Å². The zero-order valence-corrected chi connectivity index (χ0v) is 10.3. The molecule has 0 aliphatic rings. The lowest BCUT2D eigenvalue weighted by Crippen LogP contribution is -1.85. The first-order valence-electron chi connectivity index (χ1n) is 6.05. The van der Waals surface area contributed by atoms with Crippen molar-refractivity contribution in [2.75, 3.05) is 0 Å². The van der Waals surface area contributed by atoms with Crippen molar-refractivity contribution in [2.45, 2.75) is 6.42 Å². The van der Waals surface area contributed by atoms with Crippen LogP contribution in [-0.4, -0.2) is 0 Å². The smallest absolute Gasteiger partial charge is 0.00880 e. The summed E-state index contributed by atoms with van der Waals surface area (Å²) in [4.78, 5) is 0. The third-order valence-corrected chi connectivity index (χ3v) is 2.76. The molecule has 0 amide bonds. The molecule has 2 aromatic rings. The Morgan fingerprint density at radius 2 is 1.67 bits per heavy atom. The zero-order valence-electron chi connectivity index (χ0n) is 10.3. The van der Waals surface area contributed by atoms with E-state index in [0.29, 0.717) is 0 Å². The normalized spacial score (nSPS) is 10.2. The van der Waals surface area contributed by atoms with Crippen molar-refractivity contribution < 1.29 is 0 Å². The van der Waals surface area contributed by atoms with Gasteiger partial charge in [0.15, 0.2) is 0 Å². The minimum Gasteiger partial charge on any atom is -0.128 e.